The van der Waals surface area contributed by atoms with Gasteiger partial charge in [-0.05, 0) is 43.1 Å². The number of nitrogens with one attached hydrogen (secondary N) is 4. The van der Waals surface area contributed by atoms with Gasteiger partial charge in [0.15, 0.2) is 0 Å². The third-order valence-electron chi connectivity index (χ3n) is 3.95. The summed E-state index contributed by atoms with van der Waals surface area (Å²) in [4.78, 5) is 28.1. The number of rotatable bonds is 8. The van der Waals surface area contributed by atoms with Crippen molar-refractivity contribution >= 4 is 34.7 Å². The van der Waals surface area contributed by atoms with Gasteiger partial charge in [-0.15, -0.1) is 0 Å². The standard InChI is InChI=1S/C20H22N4O2S/c1-14-6-8-16(9-7-14)27-23-13-19(25)21-10-11-22-20(26)18-12-15-4-2-3-5-17(15)24-18/h2-9,12,23-24H,10-11,13H2,1H3,(H,21,25)(H,22,26). The molecule has 0 fully saturated rings. The van der Waals surface area contributed by atoms with Gasteiger partial charge in [-0.3, -0.25) is 14.3 Å². The maximum absolute atomic E-state index is 12.1. The number of carbonyl (C=O) groups is 2. The highest BCUT2D eigenvalue weighted by atomic mass is 32.2. The summed E-state index contributed by atoms with van der Waals surface area (Å²) in [7, 11) is 0. The zero-order chi connectivity index (χ0) is 19.1. The second kappa shape index (κ2) is 9.25. The van der Waals surface area contributed by atoms with E-state index in [0.29, 0.717) is 18.8 Å². The van der Waals surface area contributed by atoms with E-state index in [4.69, 9.17) is 0 Å². The van der Waals surface area contributed by atoms with E-state index >= 15 is 0 Å². The molecule has 0 aliphatic rings. The number of fused-ring (bicyclic) bond motifs is 1. The van der Waals surface area contributed by atoms with Gasteiger partial charge in [0.2, 0.25) is 5.91 Å². The smallest absolute Gasteiger partial charge is 0.267 e. The quantitative estimate of drug-likeness (QED) is 0.356. The summed E-state index contributed by atoms with van der Waals surface area (Å²) >= 11 is 1.42. The van der Waals surface area contributed by atoms with Gasteiger partial charge in [0.25, 0.3) is 5.91 Å². The molecule has 0 radical (unpaired) electrons. The van der Waals surface area contributed by atoms with E-state index in [2.05, 4.69) is 20.3 Å². The van der Waals surface area contributed by atoms with Gasteiger partial charge in [0.05, 0.1) is 6.54 Å². The zero-order valence-electron chi connectivity index (χ0n) is 15.0. The molecule has 0 saturated carbocycles. The molecular formula is C20H22N4O2S. The van der Waals surface area contributed by atoms with Crippen LogP contribution in [0.4, 0.5) is 0 Å². The third kappa shape index (κ3) is 5.60. The van der Waals surface area contributed by atoms with E-state index in [1.165, 1.54) is 17.5 Å². The average Bonchev–Trinajstić information content (AvgIpc) is 3.11. The summed E-state index contributed by atoms with van der Waals surface area (Å²) in [5.74, 6) is -0.303. The topological polar surface area (TPSA) is 86.0 Å². The minimum atomic E-state index is -0.187. The first-order valence-electron chi connectivity index (χ1n) is 8.71. The van der Waals surface area contributed by atoms with Crippen LogP contribution in [-0.2, 0) is 4.79 Å². The Morgan fingerprint density at radius 2 is 1.74 bits per heavy atom. The van der Waals surface area contributed by atoms with Crippen molar-refractivity contribution in [1.82, 2.24) is 20.3 Å². The summed E-state index contributed by atoms with van der Waals surface area (Å²) in [5.41, 5.74) is 2.64. The van der Waals surface area contributed by atoms with Crippen molar-refractivity contribution in [3.8, 4) is 0 Å². The summed E-state index contributed by atoms with van der Waals surface area (Å²) < 4.78 is 3.02. The summed E-state index contributed by atoms with van der Waals surface area (Å²) in [5, 5.41) is 6.56. The van der Waals surface area contributed by atoms with E-state index in [-0.39, 0.29) is 18.4 Å². The van der Waals surface area contributed by atoms with Gasteiger partial charge in [-0.1, -0.05) is 35.9 Å². The Balaban J connectivity index is 1.32. The number of hydrogen-bond acceptors (Lipinski definition) is 4. The van der Waals surface area contributed by atoms with Gasteiger partial charge >= 0.3 is 0 Å². The minimum absolute atomic E-state index is 0.116. The van der Waals surface area contributed by atoms with Crippen LogP contribution in [0.25, 0.3) is 10.9 Å². The molecule has 2 amide bonds. The molecule has 3 rings (SSSR count). The minimum Gasteiger partial charge on any atom is -0.353 e. The van der Waals surface area contributed by atoms with Gasteiger partial charge in [-0.25, -0.2) is 0 Å². The van der Waals surface area contributed by atoms with Crippen LogP contribution < -0.4 is 15.4 Å². The maximum Gasteiger partial charge on any atom is 0.267 e. The van der Waals surface area contributed by atoms with Crippen molar-refractivity contribution in [2.24, 2.45) is 0 Å². The number of aromatic amines is 1. The average molecular weight is 382 g/mol. The Morgan fingerprint density at radius 3 is 2.52 bits per heavy atom. The SMILES string of the molecule is Cc1ccc(SNCC(=O)NCCNC(=O)c2cc3ccccc3[nH]2)cc1. The van der Waals surface area contributed by atoms with Crippen LogP contribution in [-0.4, -0.2) is 36.4 Å². The molecule has 4 N–H and O–H groups in total. The Labute approximate surface area is 162 Å². The van der Waals surface area contributed by atoms with Crippen LogP contribution in [0.2, 0.25) is 0 Å². The molecule has 0 bridgehead atoms. The zero-order valence-corrected chi connectivity index (χ0v) is 15.9. The van der Waals surface area contributed by atoms with Crippen molar-refractivity contribution in [2.75, 3.05) is 19.6 Å². The highest BCUT2D eigenvalue weighted by molar-refractivity contribution is 7.97. The number of aryl methyl sites for hydroxylation is 1. The molecule has 140 valence electrons. The van der Waals surface area contributed by atoms with Gasteiger partial charge in [0, 0.05) is 28.9 Å². The largest absolute Gasteiger partial charge is 0.353 e. The lowest BCUT2D eigenvalue weighted by molar-refractivity contribution is -0.119. The molecule has 0 spiro atoms. The number of amides is 2. The molecule has 2 aromatic carbocycles. The van der Waals surface area contributed by atoms with Gasteiger partial charge in [-0.2, -0.15) is 0 Å². The lowest BCUT2D eigenvalue weighted by Gasteiger charge is -2.07. The summed E-state index contributed by atoms with van der Waals surface area (Å²) in [6, 6.07) is 17.6. The molecule has 0 saturated heterocycles. The maximum atomic E-state index is 12.1. The molecule has 0 atom stereocenters. The first kappa shape index (κ1) is 19.0. The number of carbonyl (C=O) groups excluding carboxylic acids is 2. The van der Waals surface area contributed by atoms with Crippen LogP contribution in [0.5, 0.6) is 0 Å². The van der Waals surface area contributed by atoms with Crippen molar-refractivity contribution in [3.63, 3.8) is 0 Å². The number of aromatic nitrogens is 1. The molecule has 27 heavy (non-hydrogen) atoms. The summed E-state index contributed by atoms with van der Waals surface area (Å²) in [6.45, 7) is 2.98. The second-order valence-electron chi connectivity index (χ2n) is 6.11. The highest BCUT2D eigenvalue weighted by Gasteiger charge is 2.08. The van der Waals surface area contributed by atoms with Crippen molar-refractivity contribution in [1.29, 1.82) is 0 Å². The predicted octanol–water partition coefficient (Wildman–Crippen LogP) is 2.62. The fraction of sp³-hybridized carbons (Fsp3) is 0.200. The molecule has 1 aromatic heterocycles. The molecule has 6 nitrogen and oxygen atoms in total. The predicted molar refractivity (Wildman–Crippen MR) is 109 cm³/mol. The van der Waals surface area contributed by atoms with Crippen LogP contribution in [0, 0.1) is 6.92 Å². The van der Waals surface area contributed by atoms with Crippen molar-refractivity contribution in [3.05, 3.63) is 65.9 Å². The highest BCUT2D eigenvalue weighted by Crippen LogP contribution is 2.15. The molecule has 0 aliphatic heterocycles. The lowest BCUT2D eigenvalue weighted by atomic mass is 10.2. The number of para-hydroxylation sites is 1. The van der Waals surface area contributed by atoms with E-state index in [1.807, 2.05) is 61.5 Å². The fourth-order valence-electron chi connectivity index (χ4n) is 2.52. The van der Waals surface area contributed by atoms with E-state index < -0.39 is 0 Å². The van der Waals surface area contributed by atoms with Crippen LogP contribution >= 0.6 is 11.9 Å². The van der Waals surface area contributed by atoms with Crippen molar-refractivity contribution in [2.45, 2.75) is 11.8 Å². The molecule has 3 aromatic rings. The third-order valence-corrected chi connectivity index (χ3v) is 4.75. The number of H-pyrrole nitrogens is 1. The Bertz CT molecular complexity index is 888. The first-order valence-corrected chi connectivity index (χ1v) is 9.52. The summed E-state index contributed by atoms with van der Waals surface area (Å²) in [6.07, 6.45) is 0. The van der Waals surface area contributed by atoms with Crippen LogP contribution in [0.1, 0.15) is 16.1 Å². The molecule has 7 heteroatoms. The number of benzene rings is 2. The molecule has 1 heterocycles. The first-order chi connectivity index (χ1) is 13.1. The second-order valence-corrected chi connectivity index (χ2v) is 7.08. The lowest BCUT2D eigenvalue weighted by Crippen LogP contribution is -2.37. The van der Waals surface area contributed by atoms with Gasteiger partial charge < -0.3 is 15.6 Å². The Kier molecular flexibility index (Phi) is 6.51. The van der Waals surface area contributed by atoms with Crippen LogP contribution in [0.15, 0.2) is 59.5 Å². The molecule has 0 unspecified atom stereocenters. The van der Waals surface area contributed by atoms with E-state index in [1.54, 1.807) is 0 Å². The van der Waals surface area contributed by atoms with Crippen molar-refractivity contribution < 1.29 is 9.59 Å². The van der Waals surface area contributed by atoms with Crippen LogP contribution in [0.3, 0.4) is 0 Å². The number of hydrogen-bond donors (Lipinski definition) is 4. The van der Waals surface area contributed by atoms with E-state index in [0.717, 1.165) is 15.8 Å². The molecular weight excluding hydrogens is 360 g/mol. The fourth-order valence-corrected chi connectivity index (χ4v) is 3.16. The van der Waals surface area contributed by atoms with E-state index in [9.17, 15) is 9.59 Å². The molecule has 0 aliphatic carbocycles. The Hall–Kier alpha value is -2.77. The normalized spacial score (nSPS) is 10.7. The van der Waals surface area contributed by atoms with Gasteiger partial charge in [0.1, 0.15) is 5.69 Å². The monoisotopic (exact) mass is 382 g/mol. The Morgan fingerprint density at radius 1 is 1.00 bits per heavy atom.